The van der Waals surface area contributed by atoms with E-state index in [0.717, 1.165) is 61.6 Å². The third-order valence-electron chi connectivity index (χ3n) is 11.1. The van der Waals surface area contributed by atoms with E-state index in [9.17, 15) is 19.5 Å². The Morgan fingerprint density at radius 1 is 0.970 bits per heavy atom. The molecule has 0 aromatic rings. The monoisotopic (exact) mass is 473 g/mol. The minimum absolute atomic E-state index is 0.00920. The van der Waals surface area contributed by atoms with Crippen molar-refractivity contribution in [2.45, 2.75) is 83.7 Å². The number of Topliss-reactive ketones (excluding diaryl/α,β-unsaturated/α-hetero) is 1. The Kier molecular flexibility index (Phi) is 5.34. The van der Waals surface area contributed by atoms with E-state index in [1.807, 2.05) is 6.92 Å². The molecule has 5 aliphatic carbocycles. The number of hydrogen-bond acceptors (Lipinski definition) is 5. The van der Waals surface area contributed by atoms with E-state index in [4.69, 9.17) is 0 Å². The zero-order chi connectivity index (χ0) is 23.1. The molecule has 0 bridgehead atoms. The van der Waals surface area contributed by atoms with Gasteiger partial charge in [-0.05, 0) is 118 Å². The molecule has 9 atom stereocenters. The summed E-state index contributed by atoms with van der Waals surface area (Å²) in [5.41, 5.74) is -0.473. The summed E-state index contributed by atoms with van der Waals surface area (Å²) in [5, 5.41) is 10.4. The number of carbonyl (C=O) groups is 3. The molecule has 33 heavy (non-hydrogen) atoms. The first-order valence-corrected chi connectivity index (χ1v) is 14.4. The quantitative estimate of drug-likeness (QED) is 0.628. The van der Waals surface area contributed by atoms with Gasteiger partial charge in [-0.1, -0.05) is 18.7 Å². The highest BCUT2D eigenvalue weighted by Gasteiger charge is 2.64. The molecule has 182 valence electrons. The lowest BCUT2D eigenvalue weighted by Crippen LogP contribution is -2.52. The third-order valence-corrected chi connectivity index (χ3v) is 11.9. The van der Waals surface area contributed by atoms with Crippen molar-refractivity contribution in [3.63, 3.8) is 0 Å². The second-order valence-electron chi connectivity index (χ2n) is 12.9. The molecule has 5 nitrogen and oxygen atoms in total. The number of carbonyl (C=O) groups excluding carboxylic acids is 3. The number of rotatable bonds is 4. The smallest absolute Gasteiger partial charge is 0.289 e. The first-order valence-electron chi connectivity index (χ1n) is 13.4. The van der Waals surface area contributed by atoms with Gasteiger partial charge in [-0.25, -0.2) is 0 Å². The Morgan fingerprint density at radius 2 is 1.70 bits per heavy atom. The number of thioether (sulfide) groups is 1. The standard InChI is InChI=1S/C27H39NO4S/c1-26(32)9-7-17-16(12-26)5-6-19-18(17)8-10-27(2)21(11-20(24(19)27)15-3-4-15)22(29)13-28-23(30)14-33-25(28)31/h15-21,24,32H,3-14H2,1-2H3/t16-,17+,18-,19-,20?,21-,24-,26-,27-/m1/s1. The fourth-order valence-electron chi connectivity index (χ4n) is 9.57. The summed E-state index contributed by atoms with van der Waals surface area (Å²) < 4.78 is 0. The van der Waals surface area contributed by atoms with Gasteiger partial charge < -0.3 is 5.11 Å². The van der Waals surface area contributed by atoms with Crippen molar-refractivity contribution in [2.75, 3.05) is 12.3 Å². The lowest BCUT2D eigenvalue weighted by atomic mass is 9.48. The summed E-state index contributed by atoms with van der Waals surface area (Å²) in [6.07, 6.45) is 11.5. The van der Waals surface area contributed by atoms with E-state index in [2.05, 4.69) is 6.92 Å². The van der Waals surface area contributed by atoms with Crippen LogP contribution in [-0.2, 0) is 9.59 Å². The maximum Gasteiger partial charge on any atom is 0.289 e. The van der Waals surface area contributed by atoms with Gasteiger partial charge in [0.05, 0.1) is 17.9 Å². The van der Waals surface area contributed by atoms with Crippen LogP contribution in [0.2, 0.25) is 0 Å². The number of hydrogen-bond donors (Lipinski definition) is 1. The molecular formula is C27H39NO4S. The van der Waals surface area contributed by atoms with Crippen molar-refractivity contribution in [1.29, 1.82) is 0 Å². The number of imide groups is 1. The molecule has 6 fully saturated rings. The normalized spacial score (nSPS) is 49.5. The molecule has 1 aliphatic heterocycles. The zero-order valence-corrected chi connectivity index (χ0v) is 20.9. The van der Waals surface area contributed by atoms with E-state index in [1.54, 1.807) is 0 Å². The van der Waals surface area contributed by atoms with Crippen LogP contribution < -0.4 is 0 Å². The molecule has 0 spiro atoms. The van der Waals surface area contributed by atoms with Crippen molar-refractivity contribution < 1.29 is 19.5 Å². The first-order chi connectivity index (χ1) is 15.7. The van der Waals surface area contributed by atoms with Gasteiger partial charge in [0.1, 0.15) is 0 Å². The molecule has 0 radical (unpaired) electrons. The fourth-order valence-corrected chi connectivity index (χ4v) is 10.3. The van der Waals surface area contributed by atoms with Crippen LogP contribution in [0.25, 0.3) is 0 Å². The molecular weight excluding hydrogens is 434 g/mol. The Hall–Kier alpha value is -0.880. The maximum absolute atomic E-state index is 13.6. The number of aliphatic hydroxyl groups is 1. The highest BCUT2D eigenvalue weighted by molar-refractivity contribution is 8.14. The maximum atomic E-state index is 13.6. The van der Waals surface area contributed by atoms with Gasteiger partial charge in [0.15, 0.2) is 5.78 Å². The minimum atomic E-state index is -0.485. The Morgan fingerprint density at radius 3 is 2.39 bits per heavy atom. The van der Waals surface area contributed by atoms with E-state index in [-0.39, 0.29) is 40.6 Å². The summed E-state index contributed by atoms with van der Waals surface area (Å²) in [6, 6.07) is 0. The molecule has 2 amide bonds. The summed E-state index contributed by atoms with van der Waals surface area (Å²) in [7, 11) is 0. The van der Waals surface area contributed by atoms with Crippen molar-refractivity contribution >= 4 is 28.7 Å². The lowest BCUT2D eigenvalue weighted by molar-refractivity contribution is -0.137. The van der Waals surface area contributed by atoms with Crippen LogP contribution in [0.4, 0.5) is 4.79 Å². The summed E-state index contributed by atoms with van der Waals surface area (Å²) in [6.45, 7) is 4.40. The Labute approximate surface area is 201 Å². The van der Waals surface area contributed by atoms with Gasteiger partial charge in [-0.2, -0.15) is 0 Å². The molecule has 0 aromatic carbocycles. The SMILES string of the molecule is C[C@@]1(O)CC[C@H]2[C@H](CC[C@@H]3[C@@H]2CC[C@]2(C)[C@@H](C(=O)CN4C(=O)CSC4=O)CC(C4CC4)[C@@H]32)C1. The fraction of sp³-hybridized carbons (Fsp3) is 0.889. The van der Waals surface area contributed by atoms with E-state index in [1.165, 1.54) is 37.0 Å². The Balaban J connectivity index is 1.25. The number of fused-ring (bicyclic) bond motifs is 5. The predicted octanol–water partition coefficient (Wildman–Crippen LogP) is 4.91. The van der Waals surface area contributed by atoms with Crippen LogP contribution in [-0.4, -0.2) is 44.8 Å². The van der Waals surface area contributed by atoms with Crippen LogP contribution in [0.5, 0.6) is 0 Å². The number of ketones is 1. The van der Waals surface area contributed by atoms with Gasteiger partial charge in [0, 0.05) is 5.92 Å². The summed E-state index contributed by atoms with van der Waals surface area (Å²) in [5.74, 6) is 5.02. The summed E-state index contributed by atoms with van der Waals surface area (Å²) in [4.78, 5) is 39.1. The molecule has 1 unspecified atom stereocenters. The third kappa shape index (κ3) is 3.64. The van der Waals surface area contributed by atoms with Crippen molar-refractivity contribution in [1.82, 2.24) is 4.90 Å². The van der Waals surface area contributed by atoms with Crippen LogP contribution >= 0.6 is 11.8 Å². The lowest BCUT2D eigenvalue weighted by Gasteiger charge is -2.57. The zero-order valence-electron chi connectivity index (χ0n) is 20.1. The van der Waals surface area contributed by atoms with E-state index < -0.39 is 5.60 Å². The predicted molar refractivity (Wildman–Crippen MR) is 127 cm³/mol. The number of amides is 2. The Bertz CT molecular complexity index is 852. The van der Waals surface area contributed by atoms with Crippen molar-refractivity contribution in [2.24, 2.45) is 52.8 Å². The molecule has 5 saturated carbocycles. The molecule has 6 heteroatoms. The highest BCUT2D eigenvalue weighted by atomic mass is 32.2. The van der Waals surface area contributed by atoms with Crippen LogP contribution in [0.15, 0.2) is 0 Å². The van der Waals surface area contributed by atoms with Crippen LogP contribution in [0, 0.1) is 52.8 Å². The van der Waals surface area contributed by atoms with Gasteiger partial charge in [-0.15, -0.1) is 0 Å². The summed E-state index contributed by atoms with van der Waals surface area (Å²) >= 11 is 1.03. The molecule has 1 heterocycles. The van der Waals surface area contributed by atoms with Gasteiger partial charge >= 0.3 is 0 Å². The topological polar surface area (TPSA) is 74.7 Å². The first kappa shape index (κ1) is 22.6. The van der Waals surface area contributed by atoms with Crippen molar-refractivity contribution in [3.8, 4) is 0 Å². The largest absolute Gasteiger partial charge is 0.390 e. The van der Waals surface area contributed by atoms with E-state index in [0.29, 0.717) is 23.7 Å². The molecule has 6 rings (SSSR count). The molecule has 1 N–H and O–H groups in total. The number of nitrogens with zero attached hydrogens (tertiary/aromatic N) is 1. The van der Waals surface area contributed by atoms with Gasteiger partial charge in [0.25, 0.3) is 5.24 Å². The van der Waals surface area contributed by atoms with Gasteiger partial charge in [-0.3, -0.25) is 19.3 Å². The molecule has 6 aliphatic rings. The van der Waals surface area contributed by atoms with Gasteiger partial charge in [0.2, 0.25) is 5.91 Å². The van der Waals surface area contributed by atoms with Crippen molar-refractivity contribution in [3.05, 3.63) is 0 Å². The highest BCUT2D eigenvalue weighted by Crippen LogP contribution is 2.69. The average molecular weight is 474 g/mol. The van der Waals surface area contributed by atoms with Crippen LogP contribution in [0.1, 0.15) is 78.1 Å². The average Bonchev–Trinajstić information content (AvgIpc) is 3.49. The molecule has 0 aromatic heterocycles. The van der Waals surface area contributed by atoms with E-state index >= 15 is 0 Å². The second kappa shape index (κ2) is 7.81. The van der Waals surface area contributed by atoms with Crippen LogP contribution in [0.3, 0.4) is 0 Å². The molecule has 1 saturated heterocycles. The second-order valence-corrected chi connectivity index (χ2v) is 13.9. The minimum Gasteiger partial charge on any atom is -0.390 e.